The number of para-hydroxylation sites is 1. The van der Waals surface area contributed by atoms with Crippen LogP contribution in [0.1, 0.15) is 34.6 Å². The van der Waals surface area contributed by atoms with Crippen LogP contribution in [0.3, 0.4) is 0 Å². The van der Waals surface area contributed by atoms with Crippen molar-refractivity contribution in [2.75, 3.05) is 17.6 Å². The predicted molar refractivity (Wildman–Crippen MR) is 77.6 cm³/mol. The molecule has 0 spiro atoms. The van der Waals surface area contributed by atoms with Gasteiger partial charge in [-0.2, -0.15) is 0 Å². The maximum absolute atomic E-state index is 6.13. The minimum atomic E-state index is 0.151. The summed E-state index contributed by atoms with van der Waals surface area (Å²) < 4.78 is 0. The monoisotopic (exact) mass is 254 g/mol. The molecule has 0 heterocycles. The summed E-state index contributed by atoms with van der Waals surface area (Å²) in [6, 6.07) is 5.57. The molecule has 2 nitrogen and oxygen atoms in total. The Balaban J connectivity index is 2.81. The first kappa shape index (κ1) is 14.2. The first-order chi connectivity index (χ1) is 7.65. The van der Waals surface area contributed by atoms with E-state index in [1.165, 1.54) is 0 Å². The lowest BCUT2D eigenvalue weighted by molar-refractivity contribution is 0.148. The molecule has 3 N–H and O–H groups in total. The van der Waals surface area contributed by atoms with Crippen molar-refractivity contribution in [3.05, 3.63) is 23.2 Å². The molecule has 3 heteroatoms. The Morgan fingerprint density at radius 3 is 2.24 bits per heavy atom. The van der Waals surface area contributed by atoms with Crippen molar-refractivity contribution in [1.29, 1.82) is 0 Å². The Morgan fingerprint density at radius 2 is 1.76 bits per heavy atom. The van der Waals surface area contributed by atoms with Gasteiger partial charge in [0.2, 0.25) is 0 Å². The van der Waals surface area contributed by atoms with Gasteiger partial charge >= 0.3 is 0 Å². The largest absolute Gasteiger partial charge is 0.397 e. The smallest absolute Gasteiger partial charge is 0.0763 e. The van der Waals surface area contributed by atoms with Crippen LogP contribution in [0.4, 0.5) is 11.4 Å². The lowest BCUT2D eigenvalue weighted by Gasteiger charge is -2.39. The van der Waals surface area contributed by atoms with Crippen molar-refractivity contribution in [3.63, 3.8) is 0 Å². The average Bonchev–Trinajstić information content (AvgIpc) is 2.15. The summed E-state index contributed by atoms with van der Waals surface area (Å²) in [7, 11) is 0. The molecule has 1 aromatic rings. The van der Waals surface area contributed by atoms with E-state index in [-0.39, 0.29) is 10.8 Å². The second kappa shape index (κ2) is 4.77. The summed E-state index contributed by atoms with van der Waals surface area (Å²) in [5.41, 5.74) is 7.82. The molecule has 0 saturated heterocycles. The van der Waals surface area contributed by atoms with Crippen molar-refractivity contribution in [2.24, 2.45) is 10.8 Å². The third kappa shape index (κ3) is 3.29. The van der Waals surface area contributed by atoms with E-state index >= 15 is 0 Å². The third-order valence-corrected chi connectivity index (χ3v) is 4.10. The minimum absolute atomic E-state index is 0.151. The van der Waals surface area contributed by atoms with Crippen LogP contribution in [-0.4, -0.2) is 6.54 Å². The fourth-order valence-corrected chi connectivity index (χ4v) is 1.55. The highest BCUT2D eigenvalue weighted by Gasteiger charge is 2.32. The van der Waals surface area contributed by atoms with Crippen LogP contribution in [0.2, 0.25) is 5.02 Å². The van der Waals surface area contributed by atoms with Gasteiger partial charge in [-0.15, -0.1) is 0 Å². The summed E-state index contributed by atoms with van der Waals surface area (Å²) in [5.74, 6) is 0. The number of nitrogens with two attached hydrogens (primary N) is 1. The summed E-state index contributed by atoms with van der Waals surface area (Å²) >= 11 is 6.13. The van der Waals surface area contributed by atoms with Gasteiger partial charge in [0, 0.05) is 6.54 Å². The zero-order valence-corrected chi connectivity index (χ0v) is 12.2. The summed E-state index contributed by atoms with van der Waals surface area (Å²) in [6.07, 6.45) is 0. The van der Waals surface area contributed by atoms with Crippen LogP contribution < -0.4 is 11.1 Å². The zero-order valence-electron chi connectivity index (χ0n) is 11.4. The van der Waals surface area contributed by atoms with Gasteiger partial charge in [-0.1, -0.05) is 52.3 Å². The molecule has 0 atom stereocenters. The molecule has 0 unspecified atom stereocenters. The fraction of sp³-hybridized carbons (Fsp3) is 0.571. The lowest BCUT2D eigenvalue weighted by atomic mass is 9.69. The second-order valence-corrected chi connectivity index (χ2v) is 6.60. The summed E-state index contributed by atoms with van der Waals surface area (Å²) in [5, 5.41) is 4.05. The quantitative estimate of drug-likeness (QED) is 0.785. The van der Waals surface area contributed by atoms with E-state index in [0.29, 0.717) is 10.7 Å². The van der Waals surface area contributed by atoms with Crippen LogP contribution in [0, 0.1) is 10.8 Å². The molecule has 0 radical (unpaired) electrons. The number of rotatable bonds is 3. The molecule has 0 aliphatic heterocycles. The SMILES string of the molecule is CC(C)(C)C(C)(C)CNc1c(N)cccc1Cl. The standard InChI is InChI=1S/C14H23ClN2/c1-13(2,3)14(4,5)9-17-12-10(15)7-6-8-11(12)16/h6-8,17H,9,16H2,1-5H3. The molecule has 0 aliphatic carbocycles. The molecule has 1 rings (SSSR count). The van der Waals surface area contributed by atoms with Gasteiger partial charge in [-0.25, -0.2) is 0 Å². The van der Waals surface area contributed by atoms with E-state index in [1.807, 2.05) is 18.2 Å². The predicted octanol–water partition coefficient (Wildman–Crippen LogP) is 4.41. The summed E-state index contributed by atoms with van der Waals surface area (Å²) in [4.78, 5) is 0. The van der Waals surface area contributed by atoms with E-state index in [1.54, 1.807) is 0 Å². The minimum Gasteiger partial charge on any atom is -0.397 e. The molecular formula is C14H23ClN2. The number of benzene rings is 1. The van der Waals surface area contributed by atoms with Crippen LogP contribution in [0.5, 0.6) is 0 Å². The van der Waals surface area contributed by atoms with Gasteiger partial charge < -0.3 is 11.1 Å². The second-order valence-electron chi connectivity index (χ2n) is 6.19. The number of anilines is 2. The topological polar surface area (TPSA) is 38.0 Å². The number of nitrogen functional groups attached to an aromatic ring is 1. The fourth-order valence-electron chi connectivity index (χ4n) is 1.30. The van der Waals surface area contributed by atoms with E-state index in [2.05, 4.69) is 39.9 Å². The van der Waals surface area contributed by atoms with Crippen molar-refractivity contribution >= 4 is 23.0 Å². The molecule has 0 fully saturated rings. The highest BCUT2D eigenvalue weighted by atomic mass is 35.5. The van der Waals surface area contributed by atoms with Crippen LogP contribution in [-0.2, 0) is 0 Å². The number of hydrogen-bond acceptors (Lipinski definition) is 2. The van der Waals surface area contributed by atoms with Crippen LogP contribution >= 0.6 is 11.6 Å². The van der Waals surface area contributed by atoms with Crippen LogP contribution in [0.15, 0.2) is 18.2 Å². The normalized spacial score (nSPS) is 12.6. The van der Waals surface area contributed by atoms with Gasteiger partial charge in [0.05, 0.1) is 16.4 Å². The summed E-state index contributed by atoms with van der Waals surface area (Å²) in [6.45, 7) is 12.0. The number of hydrogen-bond donors (Lipinski definition) is 2. The highest BCUT2D eigenvalue weighted by Crippen LogP contribution is 2.39. The van der Waals surface area contributed by atoms with Gasteiger partial charge in [0.15, 0.2) is 0 Å². The molecule has 96 valence electrons. The molecule has 0 bridgehead atoms. The van der Waals surface area contributed by atoms with Gasteiger partial charge in [-0.3, -0.25) is 0 Å². The molecular weight excluding hydrogens is 232 g/mol. The molecule has 0 saturated carbocycles. The van der Waals surface area contributed by atoms with Crippen LogP contribution in [0.25, 0.3) is 0 Å². The molecule has 0 aliphatic rings. The van der Waals surface area contributed by atoms with Gasteiger partial charge in [-0.05, 0) is 23.0 Å². The molecule has 17 heavy (non-hydrogen) atoms. The maximum atomic E-state index is 6.13. The zero-order chi connectivity index (χ0) is 13.3. The van der Waals surface area contributed by atoms with Gasteiger partial charge in [0.25, 0.3) is 0 Å². The Morgan fingerprint density at radius 1 is 1.18 bits per heavy atom. The Hall–Kier alpha value is -0.890. The Labute approximate surface area is 110 Å². The van der Waals surface area contributed by atoms with Crippen molar-refractivity contribution in [2.45, 2.75) is 34.6 Å². The highest BCUT2D eigenvalue weighted by molar-refractivity contribution is 6.33. The number of halogens is 1. The lowest BCUT2D eigenvalue weighted by Crippen LogP contribution is -2.36. The molecule has 1 aromatic carbocycles. The third-order valence-electron chi connectivity index (χ3n) is 3.78. The van der Waals surface area contributed by atoms with Gasteiger partial charge in [0.1, 0.15) is 0 Å². The first-order valence-electron chi connectivity index (χ1n) is 5.93. The average molecular weight is 255 g/mol. The Bertz CT molecular complexity index is 371. The van der Waals surface area contributed by atoms with Crippen molar-refractivity contribution in [1.82, 2.24) is 0 Å². The molecule has 0 aromatic heterocycles. The van der Waals surface area contributed by atoms with Crippen molar-refractivity contribution in [3.8, 4) is 0 Å². The van der Waals surface area contributed by atoms with E-state index < -0.39 is 0 Å². The first-order valence-corrected chi connectivity index (χ1v) is 6.31. The molecule has 0 amide bonds. The number of nitrogens with one attached hydrogen (secondary N) is 1. The maximum Gasteiger partial charge on any atom is 0.0763 e. The van der Waals surface area contributed by atoms with Crippen molar-refractivity contribution < 1.29 is 0 Å². The Kier molecular flexibility index (Phi) is 3.98. The van der Waals surface area contributed by atoms with E-state index in [4.69, 9.17) is 17.3 Å². The van der Waals surface area contributed by atoms with E-state index in [9.17, 15) is 0 Å². The van der Waals surface area contributed by atoms with E-state index in [0.717, 1.165) is 12.2 Å².